The lowest BCUT2D eigenvalue weighted by Gasteiger charge is -2.03. The van der Waals surface area contributed by atoms with Crippen molar-refractivity contribution >= 4 is 11.6 Å². The Morgan fingerprint density at radius 3 is 2.59 bits per heavy atom. The predicted molar refractivity (Wildman–Crippen MR) is 67.9 cm³/mol. The maximum absolute atomic E-state index is 8.79. The Hall–Kier alpha value is -1.45. The maximum Gasteiger partial charge on any atom is 0.116 e. The summed E-state index contributed by atoms with van der Waals surface area (Å²) in [6, 6.07) is 9.48. The van der Waals surface area contributed by atoms with Crippen LogP contribution in [0, 0.1) is 0 Å². The first-order valence-electron chi connectivity index (χ1n) is 5.47. The summed E-state index contributed by atoms with van der Waals surface area (Å²) in [5, 5.41) is 9.50. The normalized spacial score (nSPS) is 10.5. The molecule has 4 heteroatoms. The number of aryl methyl sites for hydroxylation is 1. The lowest BCUT2D eigenvalue weighted by atomic mass is 10.1. The van der Waals surface area contributed by atoms with E-state index in [0.29, 0.717) is 5.02 Å². The van der Waals surface area contributed by atoms with E-state index >= 15 is 0 Å². The lowest BCUT2D eigenvalue weighted by molar-refractivity contribution is 0.288. The molecule has 0 spiro atoms. The third kappa shape index (κ3) is 3.25. The molecule has 0 aliphatic heterocycles. The molecule has 0 saturated heterocycles. The molecule has 2 rings (SSSR count). The van der Waals surface area contributed by atoms with Crippen molar-refractivity contribution in [3.8, 4) is 11.3 Å². The van der Waals surface area contributed by atoms with Gasteiger partial charge >= 0.3 is 0 Å². The number of halogens is 1. The largest absolute Gasteiger partial charge is 0.396 e. The van der Waals surface area contributed by atoms with E-state index in [1.54, 1.807) is 6.33 Å². The van der Waals surface area contributed by atoms with Gasteiger partial charge < -0.3 is 5.11 Å². The molecule has 0 aliphatic rings. The Morgan fingerprint density at radius 1 is 1.12 bits per heavy atom. The van der Waals surface area contributed by atoms with Crippen LogP contribution in [0.1, 0.15) is 12.1 Å². The summed E-state index contributed by atoms with van der Waals surface area (Å²) in [5.41, 5.74) is 2.84. The fourth-order valence-corrected chi connectivity index (χ4v) is 1.70. The van der Waals surface area contributed by atoms with Gasteiger partial charge in [0.15, 0.2) is 0 Å². The summed E-state index contributed by atoms with van der Waals surface area (Å²) in [4.78, 5) is 8.40. The Balaban J connectivity index is 2.23. The Bertz CT molecular complexity index is 485. The van der Waals surface area contributed by atoms with Gasteiger partial charge in [-0.25, -0.2) is 9.97 Å². The van der Waals surface area contributed by atoms with Crippen molar-refractivity contribution < 1.29 is 5.11 Å². The first-order chi connectivity index (χ1) is 8.29. The van der Waals surface area contributed by atoms with Gasteiger partial charge in [-0.2, -0.15) is 0 Å². The highest BCUT2D eigenvalue weighted by Crippen LogP contribution is 2.19. The van der Waals surface area contributed by atoms with Crippen LogP contribution in [0.25, 0.3) is 11.3 Å². The van der Waals surface area contributed by atoms with Gasteiger partial charge in [-0.05, 0) is 31.0 Å². The van der Waals surface area contributed by atoms with Crippen LogP contribution in [0.4, 0.5) is 0 Å². The second-order valence-electron chi connectivity index (χ2n) is 3.73. The fourth-order valence-electron chi connectivity index (χ4n) is 1.57. The summed E-state index contributed by atoms with van der Waals surface area (Å²) < 4.78 is 0. The molecule has 17 heavy (non-hydrogen) atoms. The molecule has 0 radical (unpaired) electrons. The Labute approximate surface area is 105 Å². The summed E-state index contributed by atoms with van der Waals surface area (Å²) in [7, 11) is 0. The van der Waals surface area contributed by atoms with Crippen LogP contribution in [0.15, 0.2) is 36.7 Å². The van der Waals surface area contributed by atoms with Gasteiger partial charge in [0.05, 0.1) is 5.69 Å². The molecule has 1 aromatic heterocycles. The first kappa shape index (κ1) is 12.0. The van der Waals surface area contributed by atoms with E-state index in [4.69, 9.17) is 16.7 Å². The number of nitrogens with zero attached hydrogens (tertiary/aromatic N) is 2. The van der Waals surface area contributed by atoms with E-state index in [1.165, 1.54) is 0 Å². The standard InChI is InChI=1S/C13H13ClN2O/c14-11-5-3-10(4-6-11)13-8-12(2-1-7-17)15-9-16-13/h3-6,8-9,17H,1-2,7H2. The van der Waals surface area contributed by atoms with Crippen molar-refractivity contribution in [3.63, 3.8) is 0 Å². The van der Waals surface area contributed by atoms with Crippen molar-refractivity contribution in [1.82, 2.24) is 9.97 Å². The zero-order chi connectivity index (χ0) is 12.1. The van der Waals surface area contributed by atoms with Gasteiger partial charge in [-0.3, -0.25) is 0 Å². The van der Waals surface area contributed by atoms with Crippen molar-refractivity contribution in [3.05, 3.63) is 47.4 Å². The van der Waals surface area contributed by atoms with Crippen molar-refractivity contribution in [1.29, 1.82) is 0 Å². The molecule has 1 N–H and O–H groups in total. The minimum atomic E-state index is 0.181. The number of aromatic nitrogens is 2. The molecule has 0 unspecified atom stereocenters. The molecule has 0 bridgehead atoms. The molecular weight excluding hydrogens is 236 g/mol. The second kappa shape index (κ2) is 5.75. The average molecular weight is 249 g/mol. The smallest absolute Gasteiger partial charge is 0.116 e. The van der Waals surface area contributed by atoms with E-state index in [-0.39, 0.29) is 6.61 Å². The minimum Gasteiger partial charge on any atom is -0.396 e. The average Bonchev–Trinajstić information content (AvgIpc) is 2.37. The molecule has 3 nitrogen and oxygen atoms in total. The predicted octanol–water partition coefficient (Wildman–Crippen LogP) is 2.72. The molecule has 88 valence electrons. The van der Waals surface area contributed by atoms with Crippen molar-refractivity contribution in [2.75, 3.05) is 6.61 Å². The van der Waals surface area contributed by atoms with Crippen molar-refractivity contribution in [2.45, 2.75) is 12.8 Å². The molecule has 0 aliphatic carbocycles. The summed E-state index contributed by atoms with van der Waals surface area (Å²) >= 11 is 5.84. The van der Waals surface area contributed by atoms with Gasteiger partial charge in [-0.15, -0.1) is 0 Å². The van der Waals surface area contributed by atoms with Gasteiger partial charge in [0.2, 0.25) is 0 Å². The van der Waals surface area contributed by atoms with Gasteiger partial charge in [0.1, 0.15) is 6.33 Å². The highest BCUT2D eigenvalue weighted by atomic mass is 35.5. The van der Waals surface area contributed by atoms with E-state index < -0.39 is 0 Å². The SMILES string of the molecule is OCCCc1cc(-c2ccc(Cl)cc2)ncn1. The van der Waals surface area contributed by atoms with E-state index in [0.717, 1.165) is 29.8 Å². The summed E-state index contributed by atoms with van der Waals surface area (Å²) in [6.45, 7) is 0.181. The van der Waals surface area contributed by atoms with E-state index in [1.807, 2.05) is 30.3 Å². The number of rotatable bonds is 4. The van der Waals surface area contributed by atoms with Crippen molar-refractivity contribution in [2.24, 2.45) is 0 Å². The van der Waals surface area contributed by atoms with Gasteiger partial charge in [-0.1, -0.05) is 23.7 Å². The Kier molecular flexibility index (Phi) is 4.07. The van der Waals surface area contributed by atoms with Crippen LogP contribution in [0.5, 0.6) is 0 Å². The molecule has 0 fully saturated rings. The fraction of sp³-hybridized carbons (Fsp3) is 0.231. The second-order valence-corrected chi connectivity index (χ2v) is 4.17. The van der Waals surface area contributed by atoms with Crippen LogP contribution in [-0.2, 0) is 6.42 Å². The van der Waals surface area contributed by atoms with Crippen LogP contribution >= 0.6 is 11.6 Å². The maximum atomic E-state index is 8.79. The number of aliphatic hydroxyl groups excluding tert-OH is 1. The quantitative estimate of drug-likeness (QED) is 0.905. The third-order valence-corrected chi connectivity index (χ3v) is 2.71. The van der Waals surface area contributed by atoms with Crippen LogP contribution in [0.2, 0.25) is 5.02 Å². The van der Waals surface area contributed by atoms with E-state index in [2.05, 4.69) is 9.97 Å². The highest BCUT2D eigenvalue weighted by molar-refractivity contribution is 6.30. The van der Waals surface area contributed by atoms with E-state index in [9.17, 15) is 0 Å². The molecule has 1 aromatic carbocycles. The number of hydrogen-bond donors (Lipinski definition) is 1. The monoisotopic (exact) mass is 248 g/mol. The number of benzene rings is 1. The van der Waals surface area contributed by atoms with Crippen LogP contribution in [-0.4, -0.2) is 21.7 Å². The zero-order valence-corrected chi connectivity index (χ0v) is 10.1. The van der Waals surface area contributed by atoms with Gasteiger partial charge in [0, 0.05) is 22.9 Å². The molecular formula is C13H13ClN2O. The van der Waals surface area contributed by atoms with Crippen LogP contribution in [0.3, 0.4) is 0 Å². The summed E-state index contributed by atoms with van der Waals surface area (Å²) in [5.74, 6) is 0. The first-order valence-corrected chi connectivity index (χ1v) is 5.85. The Morgan fingerprint density at radius 2 is 1.88 bits per heavy atom. The minimum absolute atomic E-state index is 0.181. The molecule has 0 atom stereocenters. The highest BCUT2D eigenvalue weighted by Gasteiger charge is 2.02. The van der Waals surface area contributed by atoms with Gasteiger partial charge in [0.25, 0.3) is 0 Å². The molecule has 1 heterocycles. The molecule has 2 aromatic rings. The topological polar surface area (TPSA) is 46.0 Å². The number of hydrogen-bond acceptors (Lipinski definition) is 3. The lowest BCUT2D eigenvalue weighted by Crippen LogP contribution is -1.95. The number of aliphatic hydroxyl groups is 1. The summed E-state index contributed by atoms with van der Waals surface area (Å²) in [6.07, 6.45) is 3.04. The molecule has 0 saturated carbocycles. The molecule has 0 amide bonds. The third-order valence-electron chi connectivity index (χ3n) is 2.45. The zero-order valence-electron chi connectivity index (χ0n) is 9.31. The van der Waals surface area contributed by atoms with Crippen LogP contribution < -0.4 is 0 Å².